The van der Waals surface area contributed by atoms with Crippen molar-refractivity contribution in [3.63, 3.8) is 0 Å². The van der Waals surface area contributed by atoms with Crippen molar-refractivity contribution in [2.24, 2.45) is 5.10 Å². The molecule has 0 spiro atoms. The zero-order chi connectivity index (χ0) is 16.2. The van der Waals surface area contributed by atoms with Gasteiger partial charge in [-0.1, -0.05) is 23.8 Å². The van der Waals surface area contributed by atoms with E-state index in [1.54, 1.807) is 0 Å². The Morgan fingerprint density at radius 3 is 2.48 bits per heavy atom. The molecule has 4 nitrogen and oxygen atoms in total. The summed E-state index contributed by atoms with van der Waals surface area (Å²) in [6.45, 7) is 11.3. The van der Waals surface area contributed by atoms with E-state index in [4.69, 9.17) is 4.42 Å². The lowest BCUT2D eigenvalue weighted by Gasteiger charge is -2.33. The summed E-state index contributed by atoms with van der Waals surface area (Å²) >= 11 is 0. The van der Waals surface area contributed by atoms with Crippen LogP contribution >= 0.6 is 0 Å². The second kappa shape index (κ2) is 7.01. The van der Waals surface area contributed by atoms with Gasteiger partial charge in [-0.3, -0.25) is 9.91 Å². The van der Waals surface area contributed by atoms with Crippen molar-refractivity contribution in [2.45, 2.75) is 27.3 Å². The number of hydrazone groups is 1. The summed E-state index contributed by atoms with van der Waals surface area (Å²) < 4.78 is 5.51. The van der Waals surface area contributed by atoms with Gasteiger partial charge in [-0.25, -0.2) is 0 Å². The van der Waals surface area contributed by atoms with Crippen molar-refractivity contribution in [3.8, 4) is 0 Å². The minimum absolute atomic E-state index is 0.820. The van der Waals surface area contributed by atoms with E-state index < -0.39 is 0 Å². The number of furan rings is 1. The highest BCUT2D eigenvalue weighted by Crippen LogP contribution is 2.14. The highest BCUT2D eigenvalue weighted by atomic mass is 16.3. The molecule has 1 aromatic heterocycles. The first-order chi connectivity index (χ1) is 11.1. The van der Waals surface area contributed by atoms with Gasteiger partial charge in [0, 0.05) is 32.7 Å². The molecule has 0 N–H and O–H groups in total. The number of rotatable bonds is 4. The molecule has 1 aliphatic rings. The van der Waals surface area contributed by atoms with Crippen LogP contribution in [-0.2, 0) is 6.54 Å². The van der Waals surface area contributed by atoms with Crippen LogP contribution in [0.25, 0.3) is 0 Å². The maximum atomic E-state index is 5.51. The van der Waals surface area contributed by atoms with Crippen molar-refractivity contribution in [2.75, 3.05) is 26.2 Å². The van der Waals surface area contributed by atoms with Crippen LogP contribution in [0.2, 0.25) is 0 Å². The van der Waals surface area contributed by atoms with Gasteiger partial charge in [0.15, 0.2) is 0 Å². The normalized spacial score (nSPS) is 16.4. The van der Waals surface area contributed by atoms with E-state index in [9.17, 15) is 0 Å². The van der Waals surface area contributed by atoms with Crippen molar-refractivity contribution in [1.29, 1.82) is 0 Å². The Morgan fingerprint density at radius 1 is 1.04 bits per heavy atom. The molecule has 1 fully saturated rings. The van der Waals surface area contributed by atoms with Crippen LogP contribution in [0.3, 0.4) is 0 Å². The molecule has 122 valence electrons. The Labute approximate surface area is 138 Å². The molecule has 0 bridgehead atoms. The zero-order valence-corrected chi connectivity index (χ0v) is 14.2. The predicted molar refractivity (Wildman–Crippen MR) is 93.8 cm³/mol. The first kappa shape index (κ1) is 15.8. The zero-order valence-electron chi connectivity index (χ0n) is 14.2. The lowest BCUT2D eigenvalue weighted by Crippen LogP contribution is -2.43. The largest absolute Gasteiger partial charge is 0.460 e. The third kappa shape index (κ3) is 4.23. The van der Waals surface area contributed by atoms with E-state index >= 15 is 0 Å². The molecule has 23 heavy (non-hydrogen) atoms. The second-order valence-corrected chi connectivity index (χ2v) is 6.35. The van der Waals surface area contributed by atoms with E-state index in [0.29, 0.717) is 0 Å². The molecule has 0 radical (unpaired) electrons. The van der Waals surface area contributed by atoms with Gasteiger partial charge in [0.1, 0.15) is 11.5 Å². The first-order valence-electron chi connectivity index (χ1n) is 8.24. The summed E-state index contributed by atoms with van der Waals surface area (Å²) in [5, 5.41) is 6.65. The molecule has 4 heteroatoms. The number of nitrogens with zero attached hydrogens (tertiary/aromatic N) is 3. The highest BCUT2D eigenvalue weighted by Gasteiger charge is 2.16. The smallest absolute Gasteiger partial charge is 0.147 e. The third-order valence-electron chi connectivity index (χ3n) is 4.35. The lowest BCUT2D eigenvalue weighted by molar-refractivity contribution is 0.131. The van der Waals surface area contributed by atoms with Crippen LogP contribution in [-0.4, -0.2) is 42.3 Å². The fourth-order valence-electron chi connectivity index (χ4n) is 2.94. The van der Waals surface area contributed by atoms with Crippen molar-refractivity contribution in [1.82, 2.24) is 9.91 Å². The summed E-state index contributed by atoms with van der Waals surface area (Å²) in [7, 11) is 0. The van der Waals surface area contributed by atoms with Gasteiger partial charge in [-0.05, 0) is 44.0 Å². The molecule has 0 atom stereocenters. The molecule has 1 aromatic carbocycles. The molecule has 2 aromatic rings. The topological polar surface area (TPSA) is 32.0 Å². The van der Waals surface area contributed by atoms with Gasteiger partial charge in [-0.15, -0.1) is 0 Å². The highest BCUT2D eigenvalue weighted by molar-refractivity contribution is 5.75. The fraction of sp³-hybridized carbons (Fsp3) is 0.421. The Balaban J connectivity index is 1.51. The molecular weight excluding hydrogens is 286 g/mol. The third-order valence-corrected chi connectivity index (χ3v) is 4.35. The molecule has 1 aliphatic heterocycles. The minimum Gasteiger partial charge on any atom is -0.460 e. The lowest BCUT2D eigenvalue weighted by atomic mass is 10.1. The standard InChI is InChI=1S/C19H25N3O/c1-15-4-6-18(16(2)12-15)14-21-8-10-22(11-9-21)20-13-19-7-5-17(3)23-19/h4-7,12-13H,8-11,14H2,1-3H3. The van der Waals surface area contributed by atoms with Gasteiger partial charge >= 0.3 is 0 Å². The van der Waals surface area contributed by atoms with Gasteiger partial charge < -0.3 is 4.42 Å². The quantitative estimate of drug-likeness (QED) is 0.812. The summed E-state index contributed by atoms with van der Waals surface area (Å²) in [6, 6.07) is 10.6. The molecule has 0 unspecified atom stereocenters. The predicted octanol–water partition coefficient (Wildman–Crippen LogP) is 3.36. The average Bonchev–Trinajstić information content (AvgIpc) is 2.95. The van der Waals surface area contributed by atoms with Crippen LogP contribution < -0.4 is 0 Å². The Kier molecular flexibility index (Phi) is 4.82. The van der Waals surface area contributed by atoms with E-state index in [0.717, 1.165) is 44.2 Å². The second-order valence-electron chi connectivity index (χ2n) is 6.35. The van der Waals surface area contributed by atoms with Crippen molar-refractivity contribution >= 4 is 6.21 Å². The van der Waals surface area contributed by atoms with E-state index in [1.807, 2.05) is 25.3 Å². The van der Waals surface area contributed by atoms with Gasteiger partial charge in [0.05, 0.1) is 6.21 Å². The first-order valence-corrected chi connectivity index (χ1v) is 8.24. The molecular formula is C19H25N3O. The minimum atomic E-state index is 0.820. The van der Waals surface area contributed by atoms with Crippen LogP contribution in [0.4, 0.5) is 0 Å². The SMILES string of the molecule is Cc1ccc(CN2CCN(N=Cc3ccc(C)o3)CC2)c(C)c1. The van der Waals surface area contributed by atoms with Crippen LogP contribution in [0, 0.1) is 20.8 Å². The van der Waals surface area contributed by atoms with E-state index in [2.05, 4.69) is 47.1 Å². The van der Waals surface area contributed by atoms with E-state index in [-0.39, 0.29) is 0 Å². The molecule has 0 saturated carbocycles. The van der Waals surface area contributed by atoms with Crippen LogP contribution in [0.5, 0.6) is 0 Å². The van der Waals surface area contributed by atoms with Gasteiger partial charge in [0.25, 0.3) is 0 Å². The van der Waals surface area contributed by atoms with Crippen LogP contribution in [0.15, 0.2) is 39.9 Å². The monoisotopic (exact) mass is 311 g/mol. The molecule has 0 aliphatic carbocycles. The summed E-state index contributed by atoms with van der Waals surface area (Å²) in [6.07, 6.45) is 1.81. The summed E-state index contributed by atoms with van der Waals surface area (Å²) in [5.41, 5.74) is 4.15. The number of hydrogen-bond acceptors (Lipinski definition) is 4. The Morgan fingerprint density at radius 2 is 1.83 bits per heavy atom. The Bertz CT molecular complexity index is 682. The van der Waals surface area contributed by atoms with Gasteiger partial charge in [-0.2, -0.15) is 5.10 Å². The maximum Gasteiger partial charge on any atom is 0.147 e. The summed E-state index contributed by atoms with van der Waals surface area (Å²) in [4.78, 5) is 2.50. The van der Waals surface area contributed by atoms with E-state index in [1.165, 1.54) is 16.7 Å². The van der Waals surface area contributed by atoms with Gasteiger partial charge in [0.2, 0.25) is 0 Å². The summed E-state index contributed by atoms with van der Waals surface area (Å²) in [5.74, 6) is 1.74. The van der Waals surface area contributed by atoms with Crippen LogP contribution in [0.1, 0.15) is 28.2 Å². The number of piperazine rings is 1. The molecule has 3 rings (SSSR count). The average molecular weight is 311 g/mol. The van der Waals surface area contributed by atoms with Crippen molar-refractivity contribution in [3.05, 3.63) is 58.5 Å². The number of benzene rings is 1. The number of hydrogen-bond donors (Lipinski definition) is 0. The molecule has 2 heterocycles. The fourth-order valence-corrected chi connectivity index (χ4v) is 2.94. The molecule has 1 saturated heterocycles. The van der Waals surface area contributed by atoms with Crippen molar-refractivity contribution < 1.29 is 4.42 Å². The Hall–Kier alpha value is -2.07. The maximum absolute atomic E-state index is 5.51. The molecule has 0 amide bonds. The number of aryl methyl sites for hydroxylation is 3.